The number of aromatic hydroxyl groups is 1. The van der Waals surface area contributed by atoms with Crippen molar-refractivity contribution in [3.63, 3.8) is 0 Å². The van der Waals surface area contributed by atoms with E-state index < -0.39 is 23.8 Å². The van der Waals surface area contributed by atoms with Crippen LogP contribution in [0, 0.1) is 13.8 Å². The number of unbranched alkanes of at least 4 members (excludes halogenated alkanes) is 2. The van der Waals surface area contributed by atoms with Crippen LogP contribution in [0.15, 0.2) is 42.5 Å². The third kappa shape index (κ3) is 9.88. The standard InChI is InChI=1S/C32H47N3O5/c1-9-10-11-19-35(28(29(37)33-21(2)3)26-14-12-13-22(4)23(26)5)30(38)27(34-31(39)40-32(6,7)8)20-24-15-17-25(36)18-16-24/h12-18,21,27-28,36H,9-11,19-20H2,1-8H3,(H,33,37)(H,34,39). The topological polar surface area (TPSA) is 108 Å². The highest BCUT2D eigenvalue weighted by atomic mass is 16.6. The molecule has 2 aromatic carbocycles. The lowest BCUT2D eigenvalue weighted by Gasteiger charge is -2.36. The van der Waals surface area contributed by atoms with Crippen molar-refractivity contribution >= 4 is 17.9 Å². The molecule has 220 valence electrons. The molecule has 0 heterocycles. The maximum absolute atomic E-state index is 14.4. The Bertz CT molecular complexity index is 1140. The number of phenolic OH excluding ortho intramolecular Hbond substituents is 1. The molecule has 0 saturated carbocycles. The summed E-state index contributed by atoms with van der Waals surface area (Å²) < 4.78 is 5.49. The van der Waals surface area contributed by atoms with Gasteiger partial charge in [-0.2, -0.15) is 0 Å². The van der Waals surface area contributed by atoms with Gasteiger partial charge in [0.2, 0.25) is 11.8 Å². The molecule has 0 bridgehead atoms. The normalized spacial score (nSPS) is 12.9. The zero-order valence-electron chi connectivity index (χ0n) is 25.3. The van der Waals surface area contributed by atoms with Crippen molar-refractivity contribution in [1.29, 1.82) is 0 Å². The van der Waals surface area contributed by atoms with Gasteiger partial charge in [-0.3, -0.25) is 9.59 Å². The number of amides is 3. The third-order valence-electron chi connectivity index (χ3n) is 6.58. The molecule has 0 spiro atoms. The molecule has 0 aliphatic heterocycles. The van der Waals surface area contributed by atoms with Gasteiger partial charge in [-0.05, 0) is 89.3 Å². The Kier molecular flexibility index (Phi) is 12.0. The number of aryl methyl sites for hydroxylation is 1. The smallest absolute Gasteiger partial charge is 0.408 e. The van der Waals surface area contributed by atoms with Crippen molar-refractivity contribution in [2.45, 2.75) is 105 Å². The molecule has 2 unspecified atom stereocenters. The van der Waals surface area contributed by atoms with E-state index in [1.54, 1.807) is 49.9 Å². The summed E-state index contributed by atoms with van der Waals surface area (Å²) in [6.45, 7) is 15.4. The van der Waals surface area contributed by atoms with Crippen LogP contribution >= 0.6 is 0 Å². The second kappa shape index (κ2) is 14.7. The van der Waals surface area contributed by atoms with Gasteiger partial charge in [-0.15, -0.1) is 0 Å². The number of nitrogens with one attached hydrogen (secondary N) is 2. The Balaban J connectivity index is 2.61. The van der Waals surface area contributed by atoms with Crippen molar-refractivity contribution < 1.29 is 24.2 Å². The number of carbonyl (C=O) groups is 3. The SMILES string of the molecule is CCCCCN(C(=O)C(Cc1ccc(O)cc1)NC(=O)OC(C)(C)C)C(C(=O)NC(C)C)c1cccc(C)c1C. The number of carbonyl (C=O) groups excluding carboxylic acids is 3. The van der Waals surface area contributed by atoms with Crippen LogP contribution in [-0.2, 0) is 20.7 Å². The van der Waals surface area contributed by atoms with Gasteiger partial charge < -0.3 is 25.4 Å². The van der Waals surface area contributed by atoms with E-state index in [4.69, 9.17) is 4.74 Å². The lowest BCUT2D eigenvalue weighted by Crippen LogP contribution is -2.54. The van der Waals surface area contributed by atoms with Crippen LogP contribution < -0.4 is 10.6 Å². The number of hydrogen-bond donors (Lipinski definition) is 3. The lowest BCUT2D eigenvalue weighted by atomic mass is 9.94. The molecule has 2 aromatic rings. The number of phenols is 1. The van der Waals surface area contributed by atoms with Crippen molar-refractivity contribution in [2.75, 3.05) is 6.54 Å². The number of ether oxygens (including phenoxy) is 1. The third-order valence-corrected chi connectivity index (χ3v) is 6.58. The molecule has 8 nitrogen and oxygen atoms in total. The molecular formula is C32H47N3O5. The first-order valence-corrected chi connectivity index (χ1v) is 14.2. The summed E-state index contributed by atoms with van der Waals surface area (Å²) in [5.41, 5.74) is 2.71. The van der Waals surface area contributed by atoms with Gasteiger partial charge in [0.05, 0.1) is 0 Å². The predicted molar refractivity (Wildman–Crippen MR) is 158 cm³/mol. The monoisotopic (exact) mass is 553 g/mol. The maximum Gasteiger partial charge on any atom is 0.408 e. The fourth-order valence-corrected chi connectivity index (χ4v) is 4.50. The molecule has 0 aromatic heterocycles. The van der Waals surface area contributed by atoms with Crippen LogP contribution in [0.3, 0.4) is 0 Å². The van der Waals surface area contributed by atoms with Crippen LogP contribution in [0.1, 0.15) is 89.1 Å². The highest BCUT2D eigenvalue weighted by Crippen LogP contribution is 2.28. The minimum absolute atomic E-state index is 0.105. The van der Waals surface area contributed by atoms with E-state index in [9.17, 15) is 19.5 Å². The van der Waals surface area contributed by atoms with Gasteiger partial charge >= 0.3 is 6.09 Å². The first-order chi connectivity index (χ1) is 18.7. The number of rotatable bonds is 12. The van der Waals surface area contributed by atoms with E-state index in [1.165, 1.54) is 0 Å². The van der Waals surface area contributed by atoms with Crippen LogP contribution in [-0.4, -0.2) is 52.1 Å². The minimum Gasteiger partial charge on any atom is -0.508 e. The summed E-state index contributed by atoms with van der Waals surface area (Å²) in [6.07, 6.45) is 1.98. The van der Waals surface area contributed by atoms with E-state index in [1.807, 2.05) is 45.9 Å². The molecule has 0 radical (unpaired) electrons. The first-order valence-electron chi connectivity index (χ1n) is 14.2. The Morgan fingerprint density at radius 1 is 0.975 bits per heavy atom. The van der Waals surface area contributed by atoms with Gasteiger partial charge in [0.15, 0.2) is 0 Å². The number of benzene rings is 2. The fourth-order valence-electron chi connectivity index (χ4n) is 4.50. The van der Waals surface area contributed by atoms with E-state index in [2.05, 4.69) is 17.6 Å². The Hall–Kier alpha value is -3.55. The molecule has 0 saturated heterocycles. The van der Waals surface area contributed by atoms with Crippen LogP contribution in [0.5, 0.6) is 5.75 Å². The Morgan fingerprint density at radius 3 is 2.20 bits per heavy atom. The zero-order valence-corrected chi connectivity index (χ0v) is 25.3. The fraction of sp³-hybridized carbons (Fsp3) is 0.531. The number of hydrogen-bond acceptors (Lipinski definition) is 5. The summed E-state index contributed by atoms with van der Waals surface area (Å²) in [7, 11) is 0. The van der Waals surface area contributed by atoms with Crippen molar-refractivity contribution in [3.8, 4) is 5.75 Å². The molecule has 3 amide bonds. The lowest BCUT2D eigenvalue weighted by molar-refractivity contribution is -0.142. The minimum atomic E-state index is -1.000. The van der Waals surface area contributed by atoms with Crippen LogP contribution in [0.4, 0.5) is 4.79 Å². The molecule has 8 heteroatoms. The first kappa shape index (κ1) is 32.7. The molecule has 0 fully saturated rings. The van der Waals surface area contributed by atoms with Gasteiger partial charge in [-0.25, -0.2) is 4.79 Å². The summed E-state index contributed by atoms with van der Waals surface area (Å²) in [5, 5.41) is 15.5. The molecule has 0 aliphatic carbocycles. The van der Waals surface area contributed by atoms with E-state index in [-0.39, 0.29) is 30.0 Å². The average Bonchev–Trinajstić information content (AvgIpc) is 2.84. The quantitative estimate of drug-likeness (QED) is 0.291. The summed E-state index contributed by atoms with van der Waals surface area (Å²) in [6, 6.07) is 10.3. The maximum atomic E-state index is 14.4. The largest absolute Gasteiger partial charge is 0.508 e. The summed E-state index contributed by atoms with van der Waals surface area (Å²) >= 11 is 0. The Labute approximate surface area is 239 Å². The van der Waals surface area contributed by atoms with Gasteiger partial charge in [-0.1, -0.05) is 50.1 Å². The van der Waals surface area contributed by atoms with Crippen molar-refractivity contribution in [3.05, 3.63) is 64.7 Å². The molecule has 40 heavy (non-hydrogen) atoms. The van der Waals surface area contributed by atoms with Crippen molar-refractivity contribution in [2.24, 2.45) is 0 Å². The highest BCUT2D eigenvalue weighted by Gasteiger charge is 2.37. The molecule has 2 atom stereocenters. The predicted octanol–water partition coefficient (Wildman–Crippen LogP) is 5.73. The second-order valence-electron chi connectivity index (χ2n) is 11.7. The second-order valence-corrected chi connectivity index (χ2v) is 11.7. The molecule has 0 aliphatic rings. The number of nitrogens with zero attached hydrogens (tertiary/aromatic N) is 1. The summed E-state index contributed by atoms with van der Waals surface area (Å²) in [4.78, 5) is 42.7. The summed E-state index contributed by atoms with van der Waals surface area (Å²) in [5.74, 6) is -0.540. The van der Waals surface area contributed by atoms with Gasteiger partial charge in [0.1, 0.15) is 23.4 Å². The van der Waals surface area contributed by atoms with E-state index in [0.717, 1.165) is 35.1 Å². The molecule has 3 N–H and O–H groups in total. The van der Waals surface area contributed by atoms with E-state index >= 15 is 0 Å². The number of alkyl carbamates (subject to hydrolysis) is 1. The molecule has 2 rings (SSSR count). The van der Waals surface area contributed by atoms with Gasteiger partial charge in [0.25, 0.3) is 0 Å². The Morgan fingerprint density at radius 2 is 1.62 bits per heavy atom. The van der Waals surface area contributed by atoms with Crippen LogP contribution in [0.25, 0.3) is 0 Å². The van der Waals surface area contributed by atoms with Crippen molar-refractivity contribution in [1.82, 2.24) is 15.5 Å². The zero-order chi connectivity index (χ0) is 30.0. The molecular weight excluding hydrogens is 506 g/mol. The van der Waals surface area contributed by atoms with Gasteiger partial charge in [0, 0.05) is 19.0 Å². The highest BCUT2D eigenvalue weighted by molar-refractivity contribution is 5.92. The van der Waals surface area contributed by atoms with Crippen LogP contribution in [0.2, 0.25) is 0 Å². The average molecular weight is 554 g/mol. The van der Waals surface area contributed by atoms with E-state index in [0.29, 0.717) is 13.0 Å².